The first-order valence-corrected chi connectivity index (χ1v) is 4.83. The summed E-state index contributed by atoms with van der Waals surface area (Å²) < 4.78 is 3.36. The quantitative estimate of drug-likeness (QED) is 0.701. The van der Waals surface area contributed by atoms with Gasteiger partial charge in [-0.1, -0.05) is 0 Å². The van der Waals surface area contributed by atoms with Crippen molar-refractivity contribution < 1.29 is 0 Å². The molecule has 12 heavy (non-hydrogen) atoms. The molecule has 0 saturated carbocycles. The van der Waals surface area contributed by atoms with E-state index in [1.54, 1.807) is 0 Å². The van der Waals surface area contributed by atoms with Crippen molar-refractivity contribution in [3.8, 4) is 5.69 Å². The Morgan fingerprint density at radius 2 is 1.50 bits per heavy atom. The lowest BCUT2D eigenvalue weighted by Crippen LogP contribution is -1.87. The molecule has 2 rings (SSSR count). The van der Waals surface area contributed by atoms with Crippen molar-refractivity contribution in [2.45, 2.75) is 0 Å². The van der Waals surface area contributed by atoms with Crippen LogP contribution < -0.4 is 0 Å². The van der Waals surface area contributed by atoms with E-state index < -0.39 is 0 Å². The van der Waals surface area contributed by atoms with E-state index in [1.165, 1.54) is 9.26 Å². The molecule has 0 unspecified atom stereocenters. The van der Waals surface area contributed by atoms with Gasteiger partial charge in [-0.2, -0.15) is 0 Å². The van der Waals surface area contributed by atoms with Crippen molar-refractivity contribution in [2.24, 2.45) is 0 Å². The van der Waals surface area contributed by atoms with E-state index >= 15 is 0 Å². The third kappa shape index (κ3) is 1.53. The lowest BCUT2D eigenvalue weighted by Gasteiger charge is -2.01. The Morgan fingerprint density at radius 1 is 0.917 bits per heavy atom. The zero-order chi connectivity index (χ0) is 8.39. The minimum Gasteiger partial charge on any atom is -0.324 e. The second kappa shape index (κ2) is 3.31. The number of halogens is 1. The van der Waals surface area contributed by atoms with E-state index in [-0.39, 0.29) is 0 Å². The van der Waals surface area contributed by atoms with E-state index in [0.717, 1.165) is 0 Å². The van der Waals surface area contributed by atoms with Crippen LogP contribution in [0.4, 0.5) is 0 Å². The zero-order valence-electron chi connectivity index (χ0n) is 6.44. The first kappa shape index (κ1) is 7.86. The van der Waals surface area contributed by atoms with Crippen LogP contribution in [-0.2, 0) is 0 Å². The van der Waals surface area contributed by atoms with Crippen molar-refractivity contribution in [1.82, 2.24) is 4.57 Å². The average Bonchev–Trinajstić information content (AvgIpc) is 2.58. The maximum absolute atomic E-state index is 2.31. The largest absolute Gasteiger partial charge is 0.324 e. The van der Waals surface area contributed by atoms with Gasteiger partial charge in [0.1, 0.15) is 0 Å². The smallest absolute Gasteiger partial charge is 0.0450 e. The monoisotopic (exact) mass is 269 g/mol. The summed E-state index contributed by atoms with van der Waals surface area (Å²) in [6, 6.07) is 12.5. The van der Waals surface area contributed by atoms with E-state index in [1.807, 2.05) is 24.5 Å². The number of benzene rings is 1. The van der Waals surface area contributed by atoms with Gasteiger partial charge >= 0.3 is 0 Å². The van der Waals surface area contributed by atoms with Crippen LogP contribution in [0.1, 0.15) is 0 Å². The van der Waals surface area contributed by atoms with Crippen molar-refractivity contribution in [3.05, 3.63) is 52.4 Å². The molecule has 2 heteroatoms. The lowest BCUT2D eigenvalue weighted by atomic mass is 10.3. The van der Waals surface area contributed by atoms with Crippen LogP contribution in [0, 0.1) is 3.57 Å². The second-order valence-corrected chi connectivity index (χ2v) is 3.81. The summed E-state index contributed by atoms with van der Waals surface area (Å²) in [6.07, 6.45) is 4.09. The minimum atomic E-state index is 1.21. The summed E-state index contributed by atoms with van der Waals surface area (Å²) in [7, 11) is 0. The molecule has 1 nitrogen and oxygen atoms in total. The highest BCUT2D eigenvalue weighted by Crippen LogP contribution is 2.10. The second-order valence-electron chi connectivity index (χ2n) is 2.57. The summed E-state index contributed by atoms with van der Waals surface area (Å²) in [4.78, 5) is 0. The molecule has 0 aliphatic carbocycles. The average molecular weight is 269 g/mol. The number of hydrogen-bond donors (Lipinski definition) is 0. The minimum absolute atomic E-state index is 1.21. The van der Waals surface area contributed by atoms with Crippen LogP contribution in [0.2, 0.25) is 0 Å². The van der Waals surface area contributed by atoms with E-state index in [9.17, 15) is 0 Å². The molecule has 0 radical (unpaired) electrons. The van der Waals surface area contributed by atoms with Gasteiger partial charge in [0, 0.05) is 21.7 Å². The molecule has 0 spiro atoms. The van der Waals surface area contributed by atoms with Crippen molar-refractivity contribution in [3.63, 3.8) is 0 Å². The molecule has 2 aromatic rings. The first-order chi connectivity index (χ1) is 5.86. The third-order valence-electron chi connectivity index (χ3n) is 1.73. The van der Waals surface area contributed by atoms with Crippen LogP contribution in [-0.4, -0.2) is 4.57 Å². The Balaban J connectivity index is 2.43. The Kier molecular flexibility index (Phi) is 2.17. The van der Waals surface area contributed by atoms with Crippen molar-refractivity contribution in [1.29, 1.82) is 0 Å². The zero-order valence-corrected chi connectivity index (χ0v) is 8.60. The van der Waals surface area contributed by atoms with E-state index in [0.29, 0.717) is 0 Å². The summed E-state index contributed by atoms with van der Waals surface area (Å²) in [5.41, 5.74) is 1.21. The first-order valence-electron chi connectivity index (χ1n) is 3.75. The Hall–Kier alpha value is -0.770. The van der Waals surface area contributed by atoms with Crippen LogP contribution in [0.15, 0.2) is 48.8 Å². The van der Waals surface area contributed by atoms with E-state index in [4.69, 9.17) is 0 Å². The highest BCUT2D eigenvalue weighted by Gasteiger charge is 1.92. The summed E-state index contributed by atoms with van der Waals surface area (Å²) in [6.45, 7) is 0. The van der Waals surface area contributed by atoms with Gasteiger partial charge in [-0.05, 0) is 59.0 Å². The third-order valence-corrected chi connectivity index (χ3v) is 2.45. The number of hydrogen-bond acceptors (Lipinski definition) is 0. The van der Waals surface area contributed by atoms with Gasteiger partial charge in [0.15, 0.2) is 0 Å². The molecule has 0 atom stereocenters. The Morgan fingerprint density at radius 3 is 2.08 bits per heavy atom. The Bertz CT molecular complexity index is 348. The molecule has 0 bridgehead atoms. The van der Waals surface area contributed by atoms with E-state index in [2.05, 4.69) is 51.4 Å². The fraction of sp³-hybridized carbons (Fsp3) is 0. The summed E-state index contributed by atoms with van der Waals surface area (Å²) in [5, 5.41) is 0. The predicted molar refractivity (Wildman–Crippen MR) is 58.5 cm³/mol. The molecule has 0 saturated heterocycles. The Labute approximate surface area is 85.2 Å². The van der Waals surface area contributed by atoms with Gasteiger partial charge in [0.2, 0.25) is 0 Å². The van der Waals surface area contributed by atoms with Gasteiger partial charge in [-0.25, -0.2) is 0 Å². The number of aromatic nitrogens is 1. The van der Waals surface area contributed by atoms with Crippen LogP contribution in [0.3, 0.4) is 0 Å². The normalized spacial score (nSPS) is 10.1. The molecule has 0 N–H and O–H groups in total. The van der Waals surface area contributed by atoms with Gasteiger partial charge < -0.3 is 4.57 Å². The van der Waals surface area contributed by atoms with Gasteiger partial charge in [-0.3, -0.25) is 0 Å². The van der Waals surface area contributed by atoms with Crippen molar-refractivity contribution in [2.75, 3.05) is 0 Å². The summed E-state index contributed by atoms with van der Waals surface area (Å²) >= 11 is 2.31. The number of rotatable bonds is 1. The molecule has 60 valence electrons. The fourth-order valence-electron chi connectivity index (χ4n) is 1.12. The highest BCUT2D eigenvalue weighted by atomic mass is 127. The van der Waals surface area contributed by atoms with Crippen LogP contribution >= 0.6 is 22.6 Å². The molecule has 0 amide bonds. The molecule has 0 aliphatic heterocycles. The fourth-order valence-corrected chi connectivity index (χ4v) is 1.48. The van der Waals surface area contributed by atoms with Crippen molar-refractivity contribution >= 4 is 22.6 Å². The van der Waals surface area contributed by atoms with Gasteiger partial charge in [0.25, 0.3) is 0 Å². The molecule has 1 heterocycles. The molecule has 1 aromatic carbocycles. The molecular weight excluding hydrogens is 261 g/mol. The standard InChI is InChI=1S/C10H8IN/c11-9-3-5-10(6-4-9)12-7-1-2-8-12/h1-8H. The maximum Gasteiger partial charge on any atom is 0.0450 e. The van der Waals surface area contributed by atoms with Gasteiger partial charge in [0.05, 0.1) is 0 Å². The molecular formula is C10H8IN. The van der Waals surface area contributed by atoms with Gasteiger partial charge in [-0.15, -0.1) is 0 Å². The molecule has 0 aliphatic rings. The summed E-state index contributed by atoms with van der Waals surface area (Å²) in [5.74, 6) is 0. The lowest BCUT2D eigenvalue weighted by molar-refractivity contribution is 1.08. The SMILES string of the molecule is Ic1ccc(-n2cccc2)cc1. The highest BCUT2D eigenvalue weighted by molar-refractivity contribution is 14.1. The maximum atomic E-state index is 2.31. The topological polar surface area (TPSA) is 4.93 Å². The van der Waals surface area contributed by atoms with Crippen LogP contribution in [0.25, 0.3) is 5.69 Å². The number of nitrogens with zero attached hydrogens (tertiary/aromatic N) is 1. The molecule has 0 fully saturated rings. The van der Waals surface area contributed by atoms with Crippen LogP contribution in [0.5, 0.6) is 0 Å². The predicted octanol–water partition coefficient (Wildman–Crippen LogP) is 3.08. The molecule has 1 aromatic heterocycles.